The largest absolute Gasteiger partial charge is 0.391 e. The molecule has 2 aliphatic carbocycles. The van der Waals surface area contributed by atoms with Gasteiger partial charge in [0.15, 0.2) is 0 Å². The molecule has 2 saturated carbocycles. The van der Waals surface area contributed by atoms with Gasteiger partial charge in [-0.15, -0.1) is 0 Å². The van der Waals surface area contributed by atoms with Crippen molar-refractivity contribution in [3.05, 3.63) is 64.4 Å². The van der Waals surface area contributed by atoms with Crippen molar-refractivity contribution in [1.82, 2.24) is 4.98 Å². The van der Waals surface area contributed by atoms with Gasteiger partial charge in [0.2, 0.25) is 0 Å². The van der Waals surface area contributed by atoms with Crippen molar-refractivity contribution in [2.75, 3.05) is 0 Å². The van der Waals surface area contributed by atoms with E-state index in [0.29, 0.717) is 18.4 Å². The molecule has 4 rings (SSSR count). The Labute approximate surface area is 141 Å². The van der Waals surface area contributed by atoms with E-state index in [2.05, 4.69) is 22.3 Å². The Balaban J connectivity index is 1.45. The predicted molar refractivity (Wildman–Crippen MR) is 91.7 cm³/mol. The van der Waals surface area contributed by atoms with Gasteiger partial charge in [-0.05, 0) is 55.5 Å². The molecule has 0 radical (unpaired) electrons. The van der Waals surface area contributed by atoms with Crippen molar-refractivity contribution < 1.29 is 4.84 Å². The second-order valence-corrected chi connectivity index (χ2v) is 6.83. The van der Waals surface area contributed by atoms with Crippen LogP contribution in [0.2, 0.25) is 5.02 Å². The fourth-order valence-corrected chi connectivity index (χ4v) is 2.78. The smallest absolute Gasteiger partial charge is 0.142 e. The minimum atomic E-state index is 0.459. The standard InChI is InChI=1S/C19H19ClN2O/c20-17-8-1-13(2-9-17)12-23-22-19(15-5-6-15)16-7-10-18(21-11-16)14-3-4-14/h1-2,7-11,14-15H,3-6,12H2/b22-19+. The number of aromatic nitrogens is 1. The Morgan fingerprint density at radius 2 is 1.87 bits per heavy atom. The van der Waals surface area contributed by atoms with Gasteiger partial charge in [-0.2, -0.15) is 0 Å². The van der Waals surface area contributed by atoms with Crippen LogP contribution in [0.25, 0.3) is 0 Å². The highest BCUT2D eigenvalue weighted by Crippen LogP contribution is 2.39. The fourth-order valence-electron chi connectivity index (χ4n) is 2.65. The maximum absolute atomic E-state index is 5.89. The molecule has 0 spiro atoms. The first-order valence-corrected chi connectivity index (χ1v) is 8.58. The van der Waals surface area contributed by atoms with Crippen molar-refractivity contribution >= 4 is 17.3 Å². The Morgan fingerprint density at radius 1 is 1.09 bits per heavy atom. The molecule has 2 aliphatic rings. The van der Waals surface area contributed by atoms with Crippen LogP contribution in [0.3, 0.4) is 0 Å². The molecule has 0 unspecified atom stereocenters. The second kappa shape index (κ2) is 6.32. The molecule has 1 heterocycles. The molecule has 0 N–H and O–H groups in total. The van der Waals surface area contributed by atoms with Gasteiger partial charge in [-0.25, -0.2) is 0 Å². The lowest BCUT2D eigenvalue weighted by Gasteiger charge is -2.07. The van der Waals surface area contributed by atoms with Gasteiger partial charge in [0, 0.05) is 34.3 Å². The van der Waals surface area contributed by atoms with Crippen LogP contribution in [0.5, 0.6) is 0 Å². The Kier molecular flexibility index (Phi) is 4.04. The molecule has 23 heavy (non-hydrogen) atoms. The number of hydrogen-bond donors (Lipinski definition) is 0. The summed E-state index contributed by atoms with van der Waals surface area (Å²) in [7, 11) is 0. The molecular formula is C19H19ClN2O. The number of rotatable bonds is 6. The molecular weight excluding hydrogens is 308 g/mol. The topological polar surface area (TPSA) is 34.5 Å². The minimum absolute atomic E-state index is 0.459. The zero-order valence-electron chi connectivity index (χ0n) is 12.9. The van der Waals surface area contributed by atoms with Crippen LogP contribution in [-0.2, 0) is 11.4 Å². The average molecular weight is 327 g/mol. The lowest BCUT2D eigenvalue weighted by atomic mass is 10.1. The normalized spacial score (nSPS) is 18.0. The number of benzene rings is 1. The molecule has 1 aromatic carbocycles. The molecule has 0 saturated heterocycles. The van der Waals surface area contributed by atoms with E-state index in [1.54, 1.807) is 0 Å². The highest BCUT2D eigenvalue weighted by molar-refractivity contribution is 6.30. The van der Waals surface area contributed by atoms with E-state index in [-0.39, 0.29) is 0 Å². The lowest BCUT2D eigenvalue weighted by molar-refractivity contribution is 0.130. The highest BCUT2D eigenvalue weighted by Gasteiger charge is 2.30. The summed E-state index contributed by atoms with van der Waals surface area (Å²) in [4.78, 5) is 10.2. The molecule has 4 heteroatoms. The van der Waals surface area contributed by atoms with Gasteiger partial charge in [-0.1, -0.05) is 28.9 Å². The first kappa shape index (κ1) is 14.7. The van der Waals surface area contributed by atoms with Crippen LogP contribution in [0.4, 0.5) is 0 Å². The van der Waals surface area contributed by atoms with Gasteiger partial charge in [-0.3, -0.25) is 4.98 Å². The van der Waals surface area contributed by atoms with Crippen LogP contribution < -0.4 is 0 Å². The summed E-state index contributed by atoms with van der Waals surface area (Å²) >= 11 is 5.89. The van der Waals surface area contributed by atoms with Crippen LogP contribution >= 0.6 is 11.6 Å². The maximum atomic E-state index is 5.89. The Bertz CT molecular complexity index is 701. The number of halogens is 1. The SMILES string of the molecule is Clc1ccc(CO/N=C(/c2ccc(C3CC3)nc2)C2CC2)cc1. The molecule has 2 aromatic rings. The maximum Gasteiger partial charge on any atom is 0.142 e. The van der Waals surface area contributed by atoms with Gasteiger partial charge in [0.05, 0.1) is 5.71 Å². The Hall–Kier alpha value is -1.87. The molecule has 118 valence electrons. The number of hydrogen-bond acceptors (Lipinski definition) is 3. The third-order valence-electron chi connectivity index (χ3n) is 4.35. The van der Waals surface area contributed by atoms with E-state index < -0.39 is 0 Å². The zero-order chi connectivity index (χ0) is 15.6. The zero-order valence-corrected chi connectivity index (χ0v) is 13.7. The lowest BCUT2D eigenvalue weighted by Crippen LogP contribution is -2.06. The van der Waals surface area contributed by atoms with Crippen molar-refractivity contribution in [2.45, 2.75) is 38.2 Å². The van der Waals surface area contributed by atoms with E-state index in [9.17, 15) is 0 Å². The van der Waals surface area contributed by atoms with Gasteiger partial charge < -0.3 is 4.84 Å². The van der Waals surface area contributed by atoms with Crippen molar-refractivity contribution in [2.24, 2.45) is 11.1 Å². The summed E-state index contributed by atoms with van der Waals surface area (Å²) < 4.78 is 0. The monoisotopic (exact) mass is 326 g/mol. The van der Waals surface area contributed by atoms with E-state index in [0.717, 1.165) is 21.9 Å². The summed E-state index contributed by atoms with van der Waals surface area (Å²) in [6.07, 6.45) is 6.89. The van der Waals surface area contributed by atoms with E-state index in [4.69, 9.17) is 16.4 Å². The third-order valence-corrected chi connectivity index (χ3v) is 4.60. The van der Waals surface area contributed by atoms with Crippen molar-refractivity contribution in [3.8, 4) is 0 Å². The molecule has 1 aromatic heterocycles. The second-order valence-electron chi connectivity index (χ2n) is 6.40. The Morgan fingerprint density at radius 3 is 2.48 bits per heavy atom. The number of pyridine rings is 1. The predicted octanol–water partition coefficient (Wildman–Crippen LogP) is 4.94. The first-order chi connectivity index (χ1) is 11.3. The van der Waals surface area contributed by atoms with E-state index in [1.165, 1.54) is 31.4 Å². The minimum Gasteiger partial charge on any atom is -0.391 e. The number of nitrogens with zero attached hydrogens (tertiary/aromatic N) is 2. The van der Waals surface area contributed by atoms with Gasteiger partial charge in [0.1, 0.15) is 6.61 Å². The highest BCUT2D eigenvalue weighted by atomic mass is 35.5. The summed E-state index contributed by atoms with van der Waals surface area (Å²) in [5, 5.41) is 5.14. The molecule has 3 nitrogen and oxygen atoms in total. The molecule has 0 atom stereocenters. The summed E-state index contributed by atoms with van der Waals surface area (Å²) in [6, 6.07) is 11.9. The van der Waals surface area contributed by atoms with E-state index >= 15 is 0 Å². The molecule has 0 aliphatic heterocycles. The van der Waals surface area contributed by atoms with Gasteiger partial charge in [0.25, 0.3) is 0 Å². The van der Waals surface area contributed by atoms with Crippen LogP contribution in [-0.4, -0.2) is 10.7 Å². The van der Waals surface area contributed by atoms with Crippen LogP contribution in [0.1, 0.15) is 48.4 Å². The third kappa shape index (κ3) is 3.73. The summed E-state index contributed by atoms with van der Waals surface area (Å²) in [5.74, 6) is 1.21. The van der Waals surface area contributed by atoms with Crippen LogP contribution in [0, 0.1) is 5.92 Å². The molecule has 2 fully saturated rings. The van der Waals surface area contributed by atoms with E-state index in [1.807, 2.05) is 30.5 Å². The molecule has 0 amide bonds. The van der Waals surface area contributed by atoms with Gasteiger partial charge >= 0.3 is 0 Å². The summed E-state index contributed by atoms with van der Waals surface area (Å²) in [5.41, 5.74) is 4.41. The van der Waals surface area contributed by atoms with Crippen LogP contribution in [0.15, 0.2) is 47.8 Å². The first-order valence-electron chi connectivity index (χ1n) is 8.20. The number of oxime groups is 1. The fraction of sp³-hybridized carbons (Fsp3) is 0.368. The van der Waals surface area contributed by atoms with Crippen molar-refractivity contribution in [1.29, 1.82) is 0 Å². The molecule has 0 bridgehead atoms. The van der Waals surface area contributed by atoms with Crippen molar-refractivity contribution in [3.63, 3.8) is 0 Å². The summed E-state index contributed by atoms with van der Waals surface area (Å²) in [6.45, 7) is 0.459. The quantitative estimate of drug-likeness (QED) is 0.556. The average Bonchev–Trinajstić information content (AvgIpc) is 3.47.